The summed E-state index contributed by atoms with van der Waals surface area (Å²) in [4.78, 5) is 12.1. The van der Waals surface area contributed by atoms with E-state index < -0.39 is 0 Å². The Morgan fingerprint density at radius 1 is 1.18 bits per heavy atom. The van der Waals surface area contributed by atoms with Crippen LogP contribution >= 0.6 is 0 Å². The first-order valence-corrected chi connectivity index (χ1v) is 9.70. The molecular formula is C22H28N4O2. The summed E-state index contributed by atoms with van der Waals surface area (Å²) in [7, 11) is 1.66. The van der Waals surface area contributed by atoms with Crippen LogP contribution in [0.2, 0.25) is 0 Å². The summed E-state index contributed by atoms with van der Waals surface area (Å²) in [6.07, 6.45) is 2.01. The fourth-order valence-electron chi connectivity index (χ4n) is 3.42. The van der Waals surface area contributed by atoms with E-state index in [1.54, 1.807) is 7.11 Å². The van der Waals surface area contributed by atoms with E-state index in [1.165, 1.54) is 0 Å². The number of carbonyl (C=O) groups excluding carboxylic acids is 1. The molecule has 0 bridgehead atoms. The van der Waals surface area contributed by atoms with Crippen LogP contribution in [-0.4, -0.2) is 24.3 Å². The molecule has 0 saturated carbocycles. The van der Waals surface area contributed by atoms with Crippen molar-refractivity contribution in [2.24, 2.45) is 0 Å². The van der Waals surface area contributed by atoms with E-state index in [1.807, 2.05) is 42.5 Å². The van der Waals surface area contributed by atoms with Gasteiger partial charge in [-0.2, -0.15) is 0 Å². The third kappa shape index (κ3) is 3.91. The maximum atomic E-state index is 12.1. The van der Waals surface area contributed by atoms with Gasteiger partial charge in [0.2, 0.25) is 0 Å². The fourth-order valence-corrected chi connectivity index (χ4v) is 3.42. The average Bonchev–Trinajstić information content (AvgIpc) is 2.99. The lowest BCUT2D eigenvalue weighted by Gasteiger charge is -2.12. The van der Waals surface area contributed by atoms with E-state index in [9.17, 15) is 4.79 Å². The van der Waals surface area contributed by atoms with Gasteiger partial charge in [-0.05, 0) is 37.6 Å². The number of benzene rings is 2. The Kier molecular flexibility index (Phi) is 6.09. The number of methoxy groups -OCH3 is 1. The Morgan fingerprint density at radius 2 is 2.00 bits per heavy atom. The number of hydrogen-bond acceptors (Lipinski definition) is 3. The third-order valence-electron chi connectivity index (χ3n) is 4.84. The van der Waals surface area contributed by atoms with Crippen molar-refractivity contribution in [3.05, 3.63) is 42.5 Å². The molecule has 2 aromatic carbocycles. The van der Waals surface area contributed by atoms with Gasteiger partial charge in [0.05, 0.1) is 24.0 Å². The first-order chi connectivity index (χ1) is 13.6. The molecule has 0 atom stereocenters. The molecule has 0 aliphatic carbocycles. The van der Waals surface area contributed by atoms with Gasteiger partial charge in [-0.3, -0.25) is 0 Å². The second kappa shape index (κ2) is 8.69. The second-order valence-electron chi connectivity index (χ2n) is 6.70. The van der Waals surface area contributed by atoms with Crippen molar-refractivity contribution in [2.45, 2.75) is 33.2 Å². The molecule has 0 spiro atoms. The molecular weight excluding hydrogens is 352 g/mol. The number of unbranched alkanes of at least 4 members (excludes halogenated alkanes) is 1. The molecule has 0 unspecified atom stereocenters. The van der Waals surface area contributed by atoms with Gasteiger partial charge in [-0.15, -0.1) is 0 Å². The summed E-state index contributed by atoms with van der Waals surface area (Å²) in [5, 5.41) is 6.76. The van der Waals surface area contributed by atoms with Crippen molar-refractivity contribution in [1.82, 2.24) is 9.88 Å². The van der Waals surface area contributed by atoms with Crippen molar-refractivity contribution >= 4 is 28.3 Å². The highest BCUT2D eigenvalue weighted by atomic mass is 16.5. The topological polar surface area (TPSA) is 81.3 Å². The molecule has 1 heterocycles. The van der Waals surface area contributed by atoms with Crippen LogP contribution in [0.25, 0.3) is 22.2 Å². The number of fused-ring (bicyclic) bond motifs is 1. The standard InChI is InChI=1S/C22H28N4O2/c1-4-6-12-24-22(27)25-16-9-7-8-15(13-16)21-20(23)18-11-10-17(28-3)14-19(18)26(21)5-2/h7-11,13-14H,4-6,12,23H2,1-3H3,(H2,24,25,27). The first kappa shape index (κ1) is 19.6. The van der Waals surface area contributed by atoms with Gasteiger partial charge in [0.1, 0.15) is 5.75 Å². The van der Waals surface area contributed by atoms with Crippen LogP contribution in [-0.2, 0) is 6.54 Å². The zero-order valence-corrected chi connectivity index (χ0v) is 16.7. The number of aryl methyl sites for hydroxylation is 1. The Hall–Kier alpha value is -3.15. The monoisotopic (exact) mass is 380 g/mol. The van der Waals surface area contributed by atoms with Gasteiger partial charge in [0.25, 0.3) is 0 Å². The molecule has 0 aliphatic heterocycles. The number of carbonyl (C=O) groups is 1. The fraction of sp³-hybridized carbons (Fsp3) is 0.318. The number of nitrogen functional groups attached to an aromatic ring is 1. The molecule has 0 aliphatic rings. The molecule has 4 N–H and O–H groups in total. The summed E-state index contributed by atoms with van der Waals surface area (Å²) in [5.74, 6) is 0.797. The summed E-state index contributed by atoms with van der Waals surface area (Å²) >= 11 is 0. The molecule has 0 fully saturated rings. The summed E-state index contributed by atoms with van der Waals surface area (Å²) in [6.45, 7) is 5.62. The quantitative estimate of drug-likeness (QED) is 0.513. The number of ether oxygens (including phenoxy) is 1. The second-order valence-corrected chi connectivity index (χ2v) is 6.70. The van der Waals surface area contributed by atoms with Crippen LogP contribution < -0.4 is 21.1 Å². The average molecular weight is 380 g/mol. The predicted molar refractivity (Wildman–Crippen MR) is 116 cm³/mol. The highest BCUT2D eigenvalue weighted by Crippen LogP contribution is 2.38. The molecule has 148 valence electrons. The van der Waals surface area contributed by atoms with Gasteiger partial charge in [-0.1, -0.05) is 25.5 Å². The van der Waals surface area contributed by atoms with Gasteiger partial charge in [0, 0.05) is 35.8 Å². The lowest BCUT2D eigenvalue weighted by molar-refractivity contribution is 0.252. The van der Waals surface area contributed by atoms with E-state index in [2.05, 4.69) is 29.0 Å². The number of rotatable bonds is 7. The molecule has 0 radical (unpaired) electrons. The number of nitrogens with one attached hydrogen (secondary N) is 2. The summed E-state index contributed by atoms with van der Waals surface area (Å²) in [6, 6.07) is 13.5. The van der Waals surface area contributed by atoms with Gasteiger partial charge in [-0.25, -0.2) is 4.79 Å². The van der Waals surface area contributed by atoms with Crippen LogP contribution in [0.4, 0.5) is 16.2 Å². The maximum Gasteiger partial charge on any atom is 0.319 e. The van der Waals surface area contributed by atoms with Gasteiger partial charge >= 0.3 is 6.03 Å². The van der Waals surface area contributed by atoms with Crippen LogP contribution in [0.3, 0.4) is 0 Å². The molecule has 0 saturated heterocycles. The molecule has 3 aromatic rings. The number of nitrogens with two attached hydrogens (primary N) is 1. The Bertz CT molecular complexity index is 978. The normalized spacial score (nSPS) is 10.8. The SMILES string of the molecule is CCCCNC(=O)Nc1cccc(-c2c(N)c3ccc(OC)cc3n2CC)c1. The van der Waals surface area contributed by atoms with Crippen LogP contribution in [0.5, 0.6) is 5.75 Å². The van der Waals surface area contributed by atoms with Crippen molar-refractivity contribution in [2.75, 3.05) is 24.7 Å². The van der Waals surface area contributed by atoms with Crippen molar-refractivity contribution < 1.29 is 9.53 Å². The maximum absolute atomic E-state index is 12.1. The van der Waals surface area contributed by atoms with E-state index in [0.717, 1.165) is 58.7 Å². The van der Waals surface area contributed by atoms with Crippen LogP contribution in [0.1, 0.15) is 26.7 Å². The Morgan fingerprint density at radius 3 is 2.71 bits per heavy atom. The number of amides is 2. The highest BCUT2D eigenvalue weighted by Gasteiger charge is 2.17. The van der Waals surface area contributed by atoms with E-state index in [4.69, 9.17) is 10.5 Å². The summed E-state index contributed by atoms with van der Waals surface area (Å²) in [5.41, 5.74) is 10.9. The molecule has 1 aromatic heterocycles. The van der Waals surface area contributed by atoms with Crippen LogP contribution in [0, 0.1) is 0 Å². The van der Waals surface area contributed by atoms with Gasteiger partial charge in [0.15, 0.2) is 0 Å². The number of urea groups is 1. The highest BCUT2D eigenvalue weighted by molar-refractivity contribution is 6.02. The van der Waals surface area contributed by atoms with Crippen molar-refractivity contribution in [3.63, 3.8) is 0 Å². The third-order valence-corrected chi connectivity index (χ3v) is 4.84. The lowest BCUT2D eigenvalue weighted by Crippen LogP contribution is -2.29. The molecule has 6 nitrogen and oxygen atoms in total. The first-order valence-electron chi connectivity index (χ1n) is 9.70. The minimum atomic E-state index is -0.195. The number of anilines is 2. The van der Waals surface area contributed by atoms with Crippen LogP contribution in [0.15, 0.2) is 42.5 Å². The Labute approximate surface area is 165 Å². The summed E-state index contributed by atoms with van der Waals surface area (Å²) < 4.78 is 7.55. The van der Waals surface area contributed by atoms with Crippen molar-refractivity contribution in [1.29, 1.82) is 0 Å². The minimum absolute atomic E-state index is 0.195. The van der Waals surface area contributed by atoms with Gasteiger partial charge < -0.3 is 25.7 Å². The molecule has 2 amide bonds. The predicted octanol–water partition coefficient (Wildman–Crippen LogP) is 4.84. The number of hydrogen-bond donors (Lipinski definition) is 3. The molecule has 3 rings (SSSR count). The minimum Gasteiger partial charge on any atom is -0.497 e. The lowest BCUT2D eigenvalue weighted by atomic mass is 10.1. The smallest absolute Gasteiger partial charge is 0.319 e. The van der Waals surface area contributed by atoms with E-state index >= 15 is 0 Å². The Balaban J connectivity index is 1.96. The van der Waals surface area contributed by atoms with E-state index in [0.29, 0.717) is 6.54 Å². The zero-order chi connectivity index (χ0) is 20.1. The number of aromatic nitrogens is 1. The molecule has 28 heavy (non-hydrogen) atoms. The van der Waals surface area contributed by atoms with E-state index in [-0.39, 0.29) is 6.03 Å². The molecule has 6 heteroatoms. The zero-order valence-electron chi connectivity index (χ0n) is 16.7. The largest absolute Gasteiger partial charge is 0.497 e. The van der Waals surface area contributed by atoms with Crippen molar-refractivity contribution in [3.8, 4) is 17.0 Å². The number of nitrogens with zero attached hydrogens (tertiary/aromatic N) is 1.